The minimum Gasteiger partial charge on any atom is -0.483 e. The predicted octanol–water partition coefficient (Wildman–Crippen LogP) is 6.02. The van der Waals surface area contributed by atoms with Crippen molar-refractivity contribution in [3.8, 4) is 5.75 Å². The highest BCUT2D eigenvalue weighted by Gasteiger charge is 2.17. The van der Waals surface area contributed by atoms with Crippen LogP contribution in [0.4, 0.5) is 11.4 Å². The van der Waals surface area contributed by atoms with E-state index in [4.69, 9.17) is 4.74 Å². The van der Waals surface area contributed by atoms with Crippen molar-refractivity contribution in [2.45, 2.75) is 26.2 Å². The van der Waals surface area contributed by atoms with Gasteiger partial charge in [-0.05, 0) is 63.3 Å². The normalized spacial score (nSPS) is 11.0. The van der Waals surface area contributed by atoms with E-state index in [1.165, 1.54) is 0 Å². The molecule has 6 heteroatoms. The van der Waals surface area contributed by atoms with Gasteiger partial charge in [0.05, 0.1) is 15.7 Å². The van der Waals surface area contributed by atoms with E-state index in [0.717, 1.165) is 10.0 Å². The van der Waals surface area contributed by atoms with Gasteiger partial charge in [-0.3, -0.25) is 9.59 Å². The lowest BCUT2D eigenvalue weighted by molar-refractivity contribution is -0.118. The zero-order valence-electron chi connectivity index (χ0n) is 17.7. The monoisotopic (exact) mass is 480 g/mol. The number of hydrogen-bond acceptors (Lipinski definition) is 3. The molecule has 0 aliphatic carbocycles. The third-order valence-corrected chi connectivity index (χ3v) is 5.25. The summed E-state index contributed by atoms with van der Waals surface area (Å²) in [5, 5.41) is 5.59. The van der Waals surface area contributed by atoms with Crippen molar-refractivity contribution < 1.29 is 14.3 Å². The molecule has 0 saturated carbocycles. The molecule has 2 N–H and O–H groups in total. The van der Waals surface area contributed by atoms with E-state index in [9.17, 15) is 9.59 Å². The Kier molecular flexibility index (Phi) is 7.13. The Morgan fingerprint density at radius 3 is 2.26 bits per heavy atom. The van der Waals surface area contributed by atoms with Crippen LogP contribution < -0.4 is 15.4 Å². The minimum atomic E-state index is -0.355. The van der Waals surface area contributed by atoms with Gasteiger partial charge in [0.15, 0.2) is 6.61 Å². The van der Waals surface area contributed by atoms with Gasteiger partial charge >= 0.3 is 0 Å². The maximum absolute atomic E-state index is 12.7. The van der Waals surface area contributed by atoms with Crippen LogP contribution in [0.25, 0.3) is 0 Å². The Hall–Kier alpha value is -3.12. The summed E-state index contributed by atoms with van der Waals surface area (Å²) in [4.78, 5) is 25.1. The molecule has 160 valence electrons. The van der Waals surface area contributed by atoms with Crippen LogP contribution in [-0.2, 0) is 10.2 Å². The number of anilines is 2. The van der Waals surface area contributed by atoms with E-state index in [2.05, 4.69) is 47.3 Å². The molecule has 0 spiro atoms. The van der Waals surface area contributed by atoms with Crippen molar-refractivity contribution in [1.29, 1.82) is 0 Å². The quantitative estimate of drug-likeness (QED) is 0.453. The van der Waals surface area contributed by atoms with Crippen molar-refractivity contribution in [3.63, 3.8) is 0 Å². The fraction of sp³-hybridized carbons (Fsp3) is 0.200. The molecule has 0 atom stereocenters. The molecule has 3 aromatic carbocycles. The molecule has 0 aliphatic heterocycles. The minimum absolute atomic E-state index is 0.0163. The summed E-state index contributed by atoms with van der Waals surface area (Å²) in [6.07, 6.45) is 0. The number of carbonyl (C=O) groups is 2. The first-order valence-electron chi connectivity index (χ1n) is 9.92. The van der Waals surface area contributed by atoms with Gasteiger partial charge in [0.1, 0.15) is 5.75 Å². The largest absolute Gasteiger partial charge is 0.483 e. The highest BCUT2D eigenvalue weighted by molar-refractivity contribution is 9.10. The topological polar surface area (TPSA) is 67.4 Å². The Balaban J connectivity index is 1.64. The van der Waals surface area contributed by atoms with Crippen molar-refractivity contribution in [1.82, 2.24) is 0 Å². The molecule has 0 radical (unpaired) electrons. The predicted molar refractivity (Wildman–Crippen MR) is 128 cm³/mol. The number of ether oxygens (including phenoxy) is 1. The second kappa shape index (κ2) is 9.79. The summed E-state index contributed by atoms with van der Waals surface area (Å²) in [6.45, 7) is 6.22. The zero-order chi connectivity index (χ0) is 22.4. The second-order valence-corrected chi connectivity index (χ2v) is 8.95. The number of nitrogens with one attached hydrogen (secondary N) is 2. The summed E-state index contributed by atoms with van der Waals surface area (Å²) < 4.78 is 6.46. The van der Waals surface area contributed by atoms with E-state index in [-0.39, 0.29) is 23.8 Å². The first-order chi connectivity index (χ1) is 14.7. The van der Waals surface area contributed by atoms with Crippen molar-refractivity contribution in [3.05, 3.63) is 88.4 Å². The first kappa shape index (κ1) is 22.6. The molecule has 3 aromatic rings. The number of hydrogen-bond donors (Lipinski definition) is 2. The SMILES string of the molecule is CC(C)(C)c1ccc(OCC(=O)Nc2ccccc2C(=O)Nc2ccccc2)c(Br)c1. The van der Waals surface area contributed by atoms with Crippen molar-refractivity contribution >= 4 is 39.1 Å². The zero-order valence-corrected chi connectivity index (χ0v) is 19.3. The second-order valence-electron chi connectivity index (χ2n) is 8.10. The van der Waals surface area contributed by atoms with Crippen LogP contribution >= 0.6 is 15.9 Å². The Bertz CT molecular complexity index is 1080. The molecule has 0 unspecified atom stereocenters. The summed E-state index contributed by atoms with van der Waals surface area (Å²) in [5.41, 5.74) is 2.65. The Morgan fingerprint density at radius 2 is 1.58 bits per heavy atom. The molecule has 0 saturated heterocycles. The number of halogens is 1. The van der Waals surface area contributed by atoms with Gasteiger partial charge in [-0.15, -0.1) is 0 Å². The fourth-order valence-corrected chi connectivity index (χ4v) is 3.42. The lowest BCUT2D eigenvalue weighted by atomic mass is 9.87. The fourth-order valence-electron chi connectivity index (χ4n) is 2.92. The number of rotatable bonds is 6. The standard InChI is InChI=1S/C25H25BrN2O3/c1-25(2,3)17-13-14-22(20(26)15-17)31-16-23(29)28-21-12-8-7-11-19(21)24(30)27-18-9-5-4-6-10-18/h4-15H,16H2,1-3H3,(H,27,30)(H,28,29). The van der Waals surface area contributed by atoms with Gasteiger partial charge in [0, 0.05) is 5.69 Å². The van der Waals surface area contributed by atoms with E-state index in [0.29, 0.717) is 22.7 Å². The first-order valence-corrected chi connectivity index (χ1v) is 10.7. The van der Waals surface area contributed by atoms with Gasteiger partial charge in [0.25, 0.3) is 11.8 Å². The van der Waals surface area contributed by atoms with Crippen LogP contribution in [0.5, 0.6) is 5.75 Å². The molecule has 5 nitrogen and oxygen atoms in total. The molecule has 31 heavy (non-hydrogen) atoms. The van der Waals surface area contributed by atoms with Gasteiger partial charge in [-0.25, -0.2) is 0 Å². The molecule has 0 heterocycles. The molecule has 2 amide bonds. The Labute approximate surface area is 191 Å². The third kappa shape index (κ3) is 6.18. The van der Waals surface area contributed by atoms with Crippen LogP contribution in [0, 0.1) is 0 Å². The number of para-hydroxylation sites is 2. The summed E-state index contributed by atoms with van der Waals surface area (Å²) in [7, 11) is 0. The van der Waals surface area contributed by atoms with E-state index in [1.807, 2.05) is 36.4 Å². The average Bonchev–Trinajstić information content (AvgIpc) is 2.73. The number of amides is 2. The lowest BCUT2D eigenvalue weighted by Gasteiger charge is -2.20. The molecular weight excluding hydrogens is 456 g/mol. The number of benzene rings is 3. The molecule has 0 aliphatic rings. The van der Waals surface area contributed by atoms with Gasteiger partial charge in [-0.1, -0.05) is 57.2 Å². The molecule has 0 bridgehead atoms. The average molecular weight is 481 g/mol. The maximum Gasteiger partial charge on any atom is 0.262 e. The van der Waals surface area contributed by atoms with Crippen LogP contribution in [0.15, 0.2) is 77.3 Å². The highest BCUT2D eigenvalue weighted by Crippen LogP contribution is 2.31. The van der Waals surface area contributed by atoms with Gasteiger partial charge < -0.3 is 15.4 Å². The molecule has 0 aromatic heterocycles. The lowest BCUT2D eigenvalue weighted by Crippen LogP contribution is -2.23. The van der Waals surface area contributed by atoms with E-state index >= 15 is 0 Å². The van der Waals surface area contributed by atoms with Crippen LogP contribution in [0.1, 0.15) is 36.7 Å². The highest BCUT2D eigenvalue weighted by atomic mass is 79.9. The maximum atomic E-state index is 12.7. The van der Waals surface area contributed by atoms with Gasteiger partial charge in [-0.2, -0.15) is 0 Å². The third-order valence-electron chi connectivity index (χ3n) is 4.63. The molecular formula is C25H25BrN2O3. The molecule has 0 fully saturated rings. The van der Waals surface area contributed by atoms with Crippen LogP contribution in [-0.4, -0.2) is 18.4 Å². The van der Waals surface area contributed by atoms with E-state index < -0.39 is 0 Å². The summed E-state index contributed by atoms with van der Waals surface area (Å²) >= 11 is 3.51. The smallest absolute Gasteiger partial charge is 0.262 e. The van der Waals surface area contributed by atoms with Gasteiger partial charge in [0.2, 0.25) is 0 Å². The van der Waals surface area contributed by atoms with Crippen molar-refractivity contribution in [2.24, 2.45) is 0 Å². The Morgan fingerprint density at radius 1 is 0.903 bits per heavy atom. The molecule has 3 rings (SSSR count). The van der Waals surface area contributed by atoms with Crippen molar-refractivity contribution in [2.75, 3.05) is 17.2 Å². The van der Waals surface area contributed by atoms with Crippen LogP contribution in [0.2, 0.25) is 0 Å². The van der Waals surface area contributed by atoms with E-state index in [1.54, 1.807) is 36.4 Å². The van der Waals surface area contributed by atoms with Crippen LogP contribution in [0.3, 0.4) is 0 Å². The summed E-state index contributed by atoms with van der Waals surface area (Å²) in [6, 6.07) is 21.8. The summed E-state index contributed by atoms with van der Waals surface area (Å²) in [5.74, 6) is -0.0754. The number of carbonyl (C=O) groups excluding carboxylic acids is 2.